The summed E-state index contributed by atoms with van der Waals surface area (Å²) in [5, 5.41) is 0. The molecule has 2 aromatic rings. The van der Waals surface area contributed by atoms with Crippen molar-refractivity contribution in [1.29, 1.82) is 0 Å². The lowest BCUT2D eigenvalue weighted by Gasteiger charge is -2.33. The number of carbonyl (C=O) groups is 2. The summed E-state index contributed by atoms with van der Waals surface area (Å²) in [5.41, 5.74) is 1.16. The van der Waals surface area contributed by atoms with Gasteiger partial charge < -0.3 is 4.90 Å². The van der Waals surface area contributed by atoms with Crippen LogP contribution in [0.2, 0.25) is 0 Å². The normalized spacial score (nSPS) is 18.1. The molecule has 5 heteroatoms. The number of hydrogen-bond acceptors (Lipinski definition) is 4. The van der Waals surface area contributed by atoms with Crippen molar-refractivity contribution in [3.8, 4) is 0 Å². The molecule has 0 unspecified atom stereocenters. The highest BCUT2D eigenvalue weighted by atomic mass is 32.2. The van der Waals surface area contributed by atoms with E-state index in [1.807, 2.05) is 67.7 Å². The van der Waals surface area contributed by atoms with Crippen LogP contribution in [0.1, 0.15) is 32.1 Å². The minimum atomic E-state index is -0.234. The lowest BCUT2D eigenvalue weighted by molar-refractivity contribution is -0.121. The summed E-state index contributed by atoms with van der Waals surface area (Å²) in [6.07, 6.45) is 5.73. The number of nitrogens with zero attached hydrogens (tertiary/aromatic N) is 2. The number of anilines is 1. The molecule has 4 rings (SSSR count). The van der Waals surface area contributed by atoms with Gasteiger partial charge in [-0.15, -0.1) is 0 Å². The number of amides is 2. The number of para-hydroxylation sites is 1. The molecule has 4 nitrogen and oxygen atoms in total. The zero-order valence-corrected chi connectivity index (χ0v) is 16.8. The maximum absolute atomic E-state index is 13.4. The van der Waals surface area contributed by atoms with Gasteiger partial charge in [0, 0.05) is 18.0 Å². The van der Waals surface area contributed by atoms with Crippen LogP contribution in [0.5, 0.6) is 0 Å². The summed E-state index contributed by atoms with van der Waals surface area (Å²) in [7, 11) is 1.97. The average Bonchev–Trinajstić information content (AvgIpc) is 2.99. The molecule has 2 aliphatic rings. The molecular formula is C23H24N2O2S. The smallest absolute Gasteiger partial charge is 0.283 e. The van der Waals surface area contributed by atoms with Crippen LogP contribution in [0.3, 0.4) is 0 Å². The number of thioether (sulfide) groups is 1. The summed E-state index contributed by atoms with van der Waals surface area (Å²) < 4.78 is 0. The Balaban J connectivity index is 1.73. The van der Waals surface area contributed by atoms with Crippen LogP contribution in [-0.4, -0.2) is 29.8 Å². The Hall–Kier alpha value is -2.53. The van der Waals surface area contributed by atoms with E-state index in [4.69, 9.17) is 0 Å². The molecule has 0 saturated heterocycles. The summed E-state index contributed by atoms with van der Waals surface area (Å²) in [6, 6.07) is 19.3. The van der Waals surface area contributed by atoms with Gasteiger partial charge in [0.25, 0.3) is 11.8 Å². The zero-order chi connectivity index (χ0) is 19.5. The predicted molar refractivity (Wildman–Crippen MR) is 113 cm³/mol. The first-order valence-corrected chi connectivity index (χ1v) is 10.6. The first-order chi connectivity index (χ1) is 13.7. The van der Waals surface area contributed by atoms with Crippen molar-refractivity contribution < 1.29 is 9.59 Å². The highest BCUT2D eigenvalue weighted by molar-refractivity contribution is 8.04. The number of carbonyl (C=O) groups excluding carboxylic acids is 2. The lowest BCUT2D eigenvalue weighted by atomic mass is 9.94. The number of imide groups is 1. The molecule has 1 heterocycles. The third-order valence-electron chi connectivity index (χ3n) is 5.47. The van der Waals surface area contributed by atoms with Crippen molar-refractivity contribution in [3.63, 3.8) is 0 Å². The van der Waals surface area contributed by atoms with Crippen LogP contribution in [0.25, 0.3) is 0 Å². The summed E-state index contributed by atoms with van der Waals surface area (Å²) in [6.45, 7) is 0. The molecule has 0 bridgehead atoms. The van der Waals surface area contributed by atoms with E-state index < -0.39 is 0 Å². The molecule has 144 valence electrons. The standard InChI is InChI=1S/C23H24N2O2S/c1-24(17-11-5-2-6-12-17)20-21(28-19-15-9-4-10-16-19)23(27)25(22(20)26)18-13-7-3-8-14-18/h3-4,7-10,13-17H,2,5-6,11-12H2,1H3. The van der Waals surface area contributed by atoms with Crippen LogP contribution in [0.15, 0.2) is 76.2 Å². The van der Waals surface area contributed by atoms with Gasteiger partial charge in [0.15, 0.2) is 0 Å². The van der Waals surface area contributed by atoms with Crippen molar-refractivity contribution in [2.45, 2.75) is 43.0 Å². The van der Waals surface area contributed by atoms with Crippen LogP contribution >= 0.6 is 11.8 Å². The van der Waals surface area contributed by atoms with Crippen molar-refractivity contribution in [2.75, 3.05) is 11.9 Å². The van der Waals surface area contributed by atoms with Gasteiger partial charge in [-0.1, -0.05) is 67.4 Å². The number of benzene rings is 2. The fourth-order valence-electron chi connectivity index (χ4n) is 3.97. The van der Waals surface area contributed by atoms with Crippen LogP contribution < -0.4 is 4.90 Å². The van der Waals surface area contributed by atoms with Gasteiger partial charge in [0.05, 0.1) is 5.69 Å². The fourth-order valence-corrected chi connectivity index (χ4v) is 5.01. The Labute approximate surface area is 170 Å². The molecule has 1 fully saturated rings. The van der Waals surface area contributed by atoms with Gasteiger partial charge in [-0.2, -0.15) is 0 Å². The quantitative estimate of drug-likeness (QED) is 0.684. The Morgan fingerprint density at radius 3 is 2.11 bits per heavy atom. The molecule has 2 aromatic carbocycles. The van der Waals surface area contributed by atoms with E-state index in [1.54, 1.807) is 0 Å². The van der Waals surface area contributed by atoms with Gasteiger partial charge >= 0.3 is 0 Å². The molecule has 0 spiro atoms. The molecular weight excluding hydrogens is 368 g/mol. The number of hydrogen-bond donors (Lipinski definition) is 0. The molecule has 28 heavy (non-hydrogen) atoms. The minimum Gasteiger partial charge on any atom is -0.366 e. The molecule has 0 radical (unpaired) electrons. The van der Waals surface area contributed by atoms with Gasteiger partial charge in [-0.05, 0) is 37.1 Å². The van der Waals surface area contributed by atoms with E-state index in [-0.39, 0.29) is 11.8 Å². The van der Waals surface area contributed by atoms with E-state index in [1.165, 1.54) is 35.9 Å². The lowest BCUT2D eigenvalue weighted by Crippen LogP contribution is -2.38. The van der Waals surface area contributed by atoms with Crippen LogP contribution in [0, 0.1) is 0 Å². The van der Waals surface area contributed by atoms with Gasteiger partial charge in [0.2, 0.25) is 0 Å². The van der Waals surface area contributed by atoms with Crippen molar-refractivity contribution in [2.24, 2.45) is 0 Å². The van der Waals surface area contributed by atoms with Gasteiger partial charge in [-0.3, -0.25) is 9.59 Å². The SMILES string of the molecule is CN(C1=C(Sc2ccccc2)C(=O)N(c2ccccc2)C1=O)C1CCCCC1. The Kier molecular flexibility index (Phi) is 5.53. The molecule has 1 saturated carbocycles. The summed E-state index contributed by atoms with van der Waals surface area (Å²) in [4.78, 5) is 31.6. The van der Waals surface area contributed by atoms with E-state index in [0.717, 1.165) is 17.7 Å². The first-order valence-electron chi connectivity index (χ1n) is 9.80. The number of likely N-dealkylation sites (N-methyl/N-ethyl adjacent to an activating group) is 1. The molecule has 1 aliphatic carbocycles. The van der Waals surface area contributed by atoms with Crippen LogP contribution in [0.4, 0.5) is 5.69 Å². The van der Waals surface area contributed by atoms with Crippen molar-refractivity contribution in [3.05, 3.63) is 71.3 Å². The molecule has 0 aromatic heterocycles. The third-order valence-corrected chi connectivity index (χ3v) is 6.55. The second-order valence-corrected chi connectivity index (χ2v) is 8.36. The maximum atomic E-state index is 13.4. The largest absolute Gasteiger partial charge is 0.366 e. The second-order valence-electron chi connectivity index (χ2n) is 7.28. The molecule has 0 atom stereocenters. The number of rotatable bonds is 5. The monoisotopic (exact) mass is 392 g/mol. The Morgan fingerprint density at radius 1 is 0.857 bits per heavy atom. The van der Waals surface area contributed by atoms with Crippen LogP contribution in [-0.2, 0) is 9.59 Å². The molecule has 0 N–H and O–H groups in total. The highest BCUT2D eigenvalue weighted by Crippen LogP contribution is 2.39. The minimum absolute atomic E-state index is 0.220. The second kappa shape index (κ2) is 8.23. The van der Waals surface area contributed by atoms with Gasteiger partial charge in [-0.25, -0.2) is 4.90 Å². The maximum Gasteiger partial charge on any atom is 0.283 e. The summed E-state index contributed by atoms with van der Waals surface area (Å²) >= 11 is 1.39. The third kappa shape index (κ3) is 3.59. The molecule has 1 aliphatic heterocycles. The van der Waals surface area contributed by atoms with Gasteiger partial charge in [0.1, 0.15) is 10.6 Å². The van der Waals surface area contributed by atoms with E-state index >= 15 is 0 Å². The fraction of sp³-hybridized carbons (Fsp3) is 0.304. The topological polar surface area (TPSA) is 40.6 Å². The van der Waals surface area contributed by atoms with E-state index in [9.17, 15) is 9.59 Å². The van der Waals surface area contributed by atoms with E-state index in [2.05, 4.69) is 4.90 Å². The molecule has 2 amide bonds. The first kappa shape index (κ1) is 18.8. The Morgan fingerprint density at radius 2 is 1.46 bits per heavy atom. The van der Waals surface area contributed by atoms with Crippen molar-refractivity contribution in [1.82, 2.24) is 4.90 Å². The van der Waals surface area contributed by atoms with E-state index in [0.29, 0.717) is 22.3 Å². The average molecular weight is 393 g/mol. The Bertz CT molecular complexity index is 889. The summed E-state index contributed by atoms with van der Waals surface area (Å²) in [5.74, 6) is -0.453. The zero-order valence-electron chi connectivity index (χ0n) is 16.0. The predicted octanol–water partition coefficient (Wildman–Crippen LogP) is 4.83. The van der Waals surface area contributed by atoms with Crippen molar-refractivity contribution >= 4 is 29.3 Å². The highest BCUT2D eigenvalue weighted by Gasteiger charge is 2.43.